The third-order valence-corrected chi connectivity index (χ3v) is 7.18. The number of imidazole rings is 1. The second-order valence-corrected chi connectivity index (χ2v) is 10.2. The fourth-order valence-corrected chi connectivity index (χ4v) is 5.04. The molecule has 5 rings (SSSR count). The fraction of sp³-hybridized carbons (Fsp3) is 0.423. The van der Waals surface area contributed by atoms with Crippen LogP contribution in [0, 0.1) is 5.41 Å². The Labute approximate surface area is 208 Å². The third-order valence-electron chi connectivity index (χ3n) is 6.45. The van der Waals surface area contributed by atoms with E-state index in [-0.39, 0.29) is 11.6 Å². The Balaban J connectivity index is 1.42. The molecular formula is C26H31N5O3S. The Kier molecular flexibility index (Phi) is 6.62. The number of H-pyrrole nitrogens is 1. The zero-order chi connectivity index (χ0) is 24.4. The van der Waals surface area contributed by atoms with Gasteiger partial charge < -0.3 is 23.8 Å². The summed E-state index contributed by atoms with van der Waals surface area (Å²) in [6, 6.07) is 8.06. The van der Waals surface area contributed by atoms with E-state index in [1.807, 2.05) is 42.0 Å². The Hall–Kier alpha value is -3.17. The second kappa shape index (κ2) is 9.83. The molecule has 2 N–H and O–H groups in total. The number of rotatable bonds is 9. The van der Waals surface area contributed by atoms with Crippen LogP contribution >= 0.6 is 11.3 Å². The molecule has 8 nitrogen and oxygen atoms in total. The summed E-state index contributed by atoms with van der Waals surface area (Å²) < 4.78 is 19.9. The van der Waals surface area contributed by atoms with Gasteiger partial charge in [0.05, 0.1) is 32.7 Å². The minimum absolute atomic E-state index is 0.156. The highest BCUT2D eigenvalue weighted by Crippen LogP contribution is 2.33. The van der Waals surface area contributed by atoms with Gasteiger partial charge in [-0.2, -0.15) is 11.3 Å². The summed E-state index contributed by atoms with van der Waals surface area (Å²) in [4.78, 5) is 12.4. The van der Waals surface area contributed by atoms with Gasteiger partial charge in [0, 0.05) is 0 Å². The molecule has 0 bridgehead atoms. The molecule has 9 heteroatoms. The molecule has 0 saturated heterocycles. The van der Waals surface area contributed by atoms with Crippen LogP contribution in [0.25, 0.3) is 11.2 Å². The molecule has 1 aliphatic rings. The zero-order valence-electron chi connectivity index (χ0n) is 20.3. The van der Waals surface area contributed by atoms with Crippen molar-refractivity contribution >= 4 is 22.5 Å². The summed E-state index contributed by atoms with van der Waals surface area (Å²) in [5.74, 6) is 2.17. The molecule has 0 aliphatic heterocycles. The van der Waals surface area contributed by atoms with Crippen LogP contribution in [0.2, 0.25) is 0 Å². The number of hydrogen-bond acceptors (Lipinski definition) is 7. The fourth-order valence-electron chi connectivity index (χ4n) is 4.39. The number of nitrogens with one attached hydrogen (secondary N) is 2. The highest BCUT2D eigenvalue weighted by Gasteiger charge is 2.27. The largest absolute Gasteiger partial charge is 0.493 e. The average molecular weight is 494 g/mol. The number of ether oxygens (including phenoxy) is 3. The number of aromatic amines is 1. The normalized spacial score (nSPS) is 14.6. The third kappa shape index (κ3) is 5.11. The lowest BCUT2D eigenvalue weighted by molar-refractivity contribution is -0.0391. The predicted molar refractivity (Wildman–Crippen MR) is 135 cm³/mol. The van der Waals surface area contributed by atoms with Crippen LogP contribution in [0.1, 0.15) is 56.5 Å². The van der Waals surface area contributed by atoms with Crippen LogP contribution in [0.3, 0.4) is 0 Å². The first kappa shape index (κ1) is 23.6. The first-order valence-electron chi connectivity index (χ1n) is 11.9. The Morgan fingerprint density at radius 3 is 2.74 bits per heavy atom. The van der Waals surface area contributed by atoms with Crippen molar-refractivity contribution in [1.82, 2.24) is 19.5 Å². The van der Waals surface area contributed by atoms with Crippen LogP contribution in [0.15, 0.2) is 41.4 Å². The molecule has 3 heterocycles. The van der Waals surface area contributed by atoms with E-state index in [9.17, 15) is 0 Å². The monoisotopic (exact) mass is 493 g/mol. The zero-order valence-corrected chi connectivity index (χ0v) is 21.2. The number of nitrogens with zero attached hydrogens (tertiary/aromatic N) is 3. The summed E-state index contributed by atoms with van der Waals surface area (Å²) in [6.07, 6.45) is 6.49. The molecular weight excluding hydrogens is 462 g/mol. The first-order valence-corrected chi connectivity index (χ1v) is 12.9. The standard InChI is InChI=1S/C26H31N5O3S/c1-26(2,33-14-18-10-11-35-15-18)25-29-22-23(27)28-16-31(24(22)30-25)13-17-8-9-20(32-3)21(12-17)34-19-6-4-5-7-19/h8-12,15-16,19,27H,4-7,13-14H2,1-3H3,(H,29,30). The van der Waals surface area contributed by atoms with Crippen molar-refractivity contribution in [3.05, 3.63) is 63.8 Å². The Morgan fingerprint density at radius 2 is 2.00 bits per heavy atom. The number of thiophene rings is 1. The van der Waals surface area contributed by atoms with Crippen molar-refractivity contribution < 1.29 is 14.2 Å². The van der Waals surface area contributed by atoms with E-state index < -0.39 is 5.60 Å². The van der Waals surface area contributed by atoms with E-state index in [1.54, 1.807) is 24.8 Å². The minimum atomic E-state index is -0.659. The molecule has 1 saturated carbocycles. The van der Waals surface area contributed by atoms with Gasteiger partial charge in [0.2, 0.25) is 0 Å². The van der Waals surface area contributed by atoms with Crippen molar-refractivity contribution in [1.29, 1.82) is 5.41 Å². The van der Waals surface area contributed by atoms with E-state index in [1.165, 1.54) is 12.8 Å². The predicted octanol–water partition coefficient (Wildman–Crippen LogP) is 5.13. The van der Waals surface area contributed by atoms with Gasteiger partial charge in [0.15, 0.2) is 22.6 Å². The highest BCUT2D eigenvalue weighted by molar-refractivity contribution is 7.07. The van der Waals surface area contributed by atoms with Gasteiger partial charge in [-0.1, -0.05) is 6.07 Å². The van der Waals surface area contributed by atoms with Crippen LogP contribution in [-0.4, -0.2) is 32.7 Å². The van der Waals surface area contributed by atoms with Gasteiger partial charge in [-0.3, -0.25) is 5.41 Å². The Bertz CT molecular complexity index is 1350. The maximum absolute atomic E-state index is 8.31. The first-order chi connectivity index (χ1) is 16.9. The molecule has 1 aliphatic carbocycles. The van der Waals surface area contributed by atoms with Crippen LogP contribution in [0.4, 0.5) is 0 Å². The molecule has 0 atom stereocenters. The van der Waals surface area contributed by atoms with E-state index in [2.05, 4.69) is 21.4 Å². The molecule has 0 amide bonds. The quantitative estimate of drug-likeness (QED) is 0.337. The van der Waals surface area contributed by atoms with E-state index >= 15 is 0 Å². The molecule has 184 valence electrons. The maximum Gasteiger partial charge on any atom is 0.173 e. The lowest BCUT2D eigenvalue weighted by Gasteiger charge is -2.22. The highest BCUT2D eigenvalue weighted by atomic mass is 32.1. The molecule has 0 spiro atoms. The van der Waals surface area contributed by atoms with Crippen LogP contribution in [0.5, 0.6) is 11.5 Å². The number of aromatic nitrogens is 4. The SMILES string of the molecule is COc1ccc(Cn2cnc(=N)c3[nH]c(C(C)(C)OCc4ccsc4)nc32)cc1OC1CCCC1. The van der Waals surface area contributed by atoms with E-state index in [0.717, 1.165) is 35.5 Å². The molecule has 3 aromatic heterocycles. The van der Waals surface area contributed by atoms with Crippen molar-refractivity contribution in [2.24, 2.45) is 0 Å². The summed E-state index contributed by atoms with van der Waals surface area (Å²) in [6.45, 7) is 4.99. The van der Waals surface area contributed by atoms with Gasteiger partial charge in [0.1, 0.15) is 16.9 Å². The lowest BCUT2D eigenvalue weighted by atomic mass is 10.1. The van der Waals surface area contributed by atoms with Crippen LogP contribution < -0.4 is 15.0 Å². The molecule has 0 radical (unpaired) electrons. The molecule has 1 aromatic carbocycles. The maximum atomic E-state index is 8.31. The van der Waals surface area contributed by atoms with Gasteiger partial charge in [-0.05, 0) is 79.6 Å². The van der Waals surface area contributed by atoms with Crippen molar-refractivity contribution in [2.75, 3.05) is 7.11 Å². The topological polar surface area (TPSA) is 98.0 Å². The molecule has 35 heavy (non-hydrogen) atoms. The van der Waals surface area contributed by atoms with Crippen LogP contribution in [-0.2, 0) is 23.5 Å². The van der Waals surface area contributed by atoms with Crippen molar-refractivity contribution in [3.8, 4) is 11.5 Å². The minimum Gasteiger partial charge on any atom is -0.493 e. The van der Waals surface area contributed by atoms with Gasteiger partial charge >= 0.3 is 0 Å². The summed E-state index contributed by atoms with van der Waals surface area (Å²) in [5, 5.41) is 12.4. The van der Waals surface area contributed by atoms with E-state index in [4.69, 9.17) is 24.6 Å². The van der Waals surface area contributed by atoms with Crippen molar-refractivity contribution in [2.45, 2.75) is 64.4 Å². The van der Waals surface area contributed by atoms with Crippen molar-refractivity contribution in [3.63, 3.8) is 0 Å². The summed E-state index contributed by atoms with van der Waals surface area (Å²) in [7, 11) is 1.67. The molecule has 1 fully saturated rings. The number of methoxy groups -OCH3 is 1. The summed E-state index contributed by atoms with van der Waals surface area (Å²) >= 11 is 1.65. The number of benzene rings is 1. The average Bonchev–Trinajstić information content (AvgIpc) is 3.62. The number of hydrogen-bond donors (Lipinski definition) is 2. The van der Waals surface area contributed by atoms with Gasteiger partial charge in [-0.15, -0.1) is 0 Å². The Morgan fingerprint density at radius 1 is 1.17 bits per heavy atom. The number of fused-ring (bicyclic) bond motifs is 1. The van der Waals surface area contributed by atoms with Gasteiger partial charge in [-0.25, -0.2) is 9.97 Å². The smallest absolute Gasteiger partial charge is 0.173 e. The second-order valence-electron chi connectivity index (χ2n) is 9.45. The molecule has 0 unspecified atom stereocenters. The van der Waals surface area contributed by atoms with Gasteiger partial charge in [0.25, 0.3) is 0 Å². The van der Waals surface area contributed by atoms with E-state index in [0.29, 0.717) is 30.1 Å². The molecule has 4 aromatic rings. The summed E-state index contributed by atoms with van der Waals surface area (Å²) in [5.41, 5.74) is 2.93. The lowest BCUT2D eigenvalue weighted by Crippen LogP contribution is -2.23.